The van der Waals surface area contributed by atoms with Gasteiger partial charge in [-0.05, 0) is 46.0 Å². The number of hydrogen-bond donors (Lipinski definition) is 0. The van der Waals surface area contributed by atoms with Crippen molar-refractivity contribution in [2.24, 2.45) is 0 Å². The van der Waals surface area contributed by atoms with Crippen LogP contribution in [0.5, 0.6) is 0 Å². The first kappa shape index (κ1) is 23.9. The molecule has 1 saturated heterocycles. The Kier molecular flexibility index (Phi) is 6.04. The number of hydrogen-bond acceptors (Lipinski definition) is 6. The number of rotatable bonds is 6. The maximum atomic E-state index is 14.2. The Morgan fingerprint density at radius 1 is 0.973 bits per heavy atom. The van der Waals surface area contributed by atoms with E-state index in [1.165, 1.54) is 17.1 Å². The molecule has 3 atom stereocenters. The number of nitrogens with zero attached hydrogens (tertiary/aromatic N) is 4. The van der Waals surface area contributed by atoms with Crippen LogP contribution >= 0.6 is 0 Å². The zero-order valence-electron chi connectivity index (χ0n) is 20.2. The summed E-state index contributed by atoms with van der Waals surface area (Å²) in [5.74, 6) is -0.984. The van der Waals surface area contributed by atoms with Crippen LogP contribution in [0.3, 0.4) is 0 Å². The van der Waals surface area contributed by atoms with E-state index in [1.54, 1.807) is 26.0 Å². The fraction of sp³-hybridized carbons (Fsp3) is 0.179. The van der Waals surface area contributed by atoms with Crippen molar-refractivity contribution < 1.29 is 19.2 Å². The monoisotopic (exact) mass is 496 g/mol. The van der Waals surface area contributed by atoms with Gasteiger partial charge in [-0.3, -0.25) is 9.36 Å². The number of cyclic esters (lactones) is 1. The van der Waals surface area contributed by atoms with Gasteiger partial charge in [0.15, 0.2) is 0 Å². The maximum Gasteiger partial charge on any atom is 0.417 e. The summed E-state index contributed by atoms with van der Waals surface area (Å²) < 4.78 is 6.99. The number of ether oxygens (including phenoxy) is 1. The van der Waals surface area contributed by atoms with E-state index in [2.05, 4.69) is 4.98 Å². The third kappa shape index (κ3) is 4.14. The van der Waals surface area contributed by atoms with E-state index >= 15 is 0 Å². The van der Waals surface area contributed by atoms with Crippen molar-refractivity contribution in [3.8, 4) is 11.1 Å². The summed E-state index contributed by atoms with van der Waals surface area (Å²) in [6.45, 7) is 3.36. The van der Waals surface area contributed by atoms with Crippen LogP contribution in [0.2, 0.25) is 0 Å². The van der Waals surface area contributed by atoms with Gasteiger partial charge in [-0.15, -0.1) is 0 Å². The molecule has 2 amide bonds. The topological polar surface area (TPSA) is 108 Å². The van der Waals surface area contributed by atoms with Crippen LogP contribution in [0.15, 0.2) is 97.5 Å². The first-order valence-corrected chi connectivity index (χ1v) is 11.7. The molecule has 1 aliphatic heterocycles. The van der Waals surface area contributed by atoms with E-state index in [-0.39, 0.29) is 0 Å². The highest BCUT2D eigenvalue weighted by Crippen LogP contribution is 2.38. The molecule has 0 N–H and O–H groups in total. The minimum absolute atomic E-state index is 0.404. The lowest BCUT2D eigenvalue weighted by atomic mass is 9.88. The number of nitro groups is 1. The van der Waals surface area contributed by atoms with Crippen molar-refractivity contribution in [3.05, 3.63) is 119 Å². The largest absolute Gasteiger partial charge is 0.439 e. The Labute approximate surface area is 213 Å². The predicted octanol–water partition coefficient (Wildman–Crippen LogP) is 5.33. The molecule has 2 heterocycles. The van der Waals surface area contributed by atoms with Crippen molar-refractivity contribution in [1.29, 1.82) is 0 Å². The van der Waals surface area contributed by atoms with E-state index in [4.69, 9.17) is 4.74 Å². The summed E-state index contributed by atoms with van der Waals surface area (Å²) in [4.78, 5) is 42.9. The Bertz CT molecular complexity index is 1450. The van der Waals surface area contributed by atoms with E-state index in [1.807, 2.05) is 72.8 Å². The second-order valence-corrected chi connectivity index (χ2v) is 9.04. The number of benzene rings is 3. The lowest BCUT2D eigenvalue weighted by molar-refractivity contribution is -0.389. The SMILES string of the molecule is CC1[C@H](c2ccccc2)OC(=O)N1C(=O)C(C)(c1ccc(-c2ccccc2)cc1)n1cnc([N+](=O)[O-])c1. The first-order chi connectivity index (χ1) is 17.8. The molecule has 0 radical (unpaired) electrons. The summed E-state index contributed by atoms with van der Waals surface area (Å²) >= 11 is 0. The molecule has 3 aromatic carbocycles. The lowest BCUT2D eigenvalue weighted by Crippen LogP contribution is -2.52. The molecule has 0 spiro atoms. The minimum atomic E-state index is -1.52. The van der Waals surface area contributed by atoms with Crippen LogP contribution in [0.25, 0.3) is 11.1 Å². The summed E-state index contributed by atoms with van der Waals surface area (Å²) in [5.41, 5.74) is 1.73. The third-order valence-electron chi connectivity index (χ3n) is 6.86. The molecule has 2 unspecified atom stereocenters. The molecule has 1 aromatic heterocycles. The highest BCUT2D eigenvalue weighted by Gasteiger charge is 2.51. The molecule has 0 saturated carbocycles. The molecule has 1 fully saturated rings. The van der Waals surface area contributed by atoms with E-state index in [0.717, 1.165) is 21.6 Å². The second kappa shape index (κ2) is 9.34. The summed E-state index contributed by atoms with van der Waals surface area (Å²) in [6.07, 6.45) is 1.03. The van der Waals surface area contributed by atoms with E-state index < -0.39 is 40.4 Å². The van der Waals surface area contributed by atoms with Crippen molar-refractivity contribution in [2.75, 3.05) is 0 Å². The molecule has 37 heavy (non-hydrogen) atoms. The lowest BCUT2D eigenvalue weighted by Gasteiger charge is -2.33. The van der Waals surface area contributed by atoms with Crippen LogP contribution in [0.4, 0.5) is 10.6 Å². The zero-order chi connectivity index (χ0) is 26.2. The number of aromatic nitrogens is 2. The average Bonchev–Trinajstić information content (AvgIpc) is 3.54. The molecule has 4 aromatic rings. The Morgan fingerprint density at radius 3 is 2.16 bits per heavy atom. The molecule has 9 heteroatoms. The predicted molar refractivity (Wildman–Crippen MR) is 135 cm³/mol. The Balaban J connectivity index is 1.57. The van der Waals surface area contributed by atoms with E-state index in [0.29, 0.717) is 5.56 Å². The average molecular weight is 497 g/mol. The highest BCUT2D eigenvalue weighted by atomic mass is 16.6. The summed E-state index contributed by atoms with van der Waals surface area (Å²) in [6, 6.07) is 25.7. The molecule has 0 aliphatic carbocycles. The molecule has 5 rings (SSSR count). The van der Waals surface area contributed by atoms with Crippen molar-refractivity contribution in [2.45, 2.75) is 31.5 Å². The van der Waals surface area contributed by atoms with Gasteiger partial charge in [-0.2, -0.15) is 0 Å². The van der Waals surface area contributed by atoms with Crippen LogP contribution < -0.4 is 0 Å². The zero-order valence-corrected chi connectivity index (χ0v) is 20.2. The molecular weight excluding hydrogens is 472 g/mol. The van der Waals surface area contributed by atoms with Crippen LogP contribution in [-0.2, 0) is 15.1 Å². The van der Waals surface area contributed by atoms with Gasteiger partial charge in [0.05, 0.1) is 6.04 Å². The highest BCUT2D eigenvalue weighted by molar-refractivity contribution is 5.99. The molecule has 1 aliphatic rings. The van der Waals surface area contributed by atoms with Gasteiger partial charge in [-0.25, -0.2) is 9.69 Å². The summed E-state index contributed by atoms with van der Waals surface area (Å²) in [5, 5.41) is 11.4. The van der Waals surface area contributed by atoms with Crippen LogP contribution in [0, 0.1) is 10.1 Å². The van der Waals surface area contributed by atoms with Gasteiger partial charge in [0.2, 0.25) is 6.33 Å². The number of carbonyl (C=O) groups is 2. The molecule has 9 nitrogen and oxygen atoms in total. The van der Waals surface area contributed by atoms with Gasteiger partial charge in [-0.1, -0.05) is 84.9 Å². The Hall–Kier alpha value is -4.79. The van der Waals surface area contributed by atoms with Crippen molar-refractivity contribution >= 4 is 17.8 Å². The Morgan fingerprint density at radius 2 is 1.57 bits per heavy atom. The molecule has 186 valence electrons. The molecule has 0 bridgehead atoms. The standard InChI is InChI=1S/C28H24N4O5/c1-19-25(22-11-7-4-8-12-22)37-27(34)31(19)26(33)28(2,30-17-24(29-18-30)32(35)36)23-15-13-21(14-16-23)20-9-5-3-6-10-20/h3-19,25H,1-2H3/t19?,25-,28?/m1/s1. The van der Waals surface area contributed by atoms with E-state index in [9.17, 15) is 19.7 Å². The second-order valence-electron chi connectivity index (χ2n) is 9.04. The van der Waals surface area contributed by atoms with Crippen molar-refractivity contribution in [3.63, 3.8) is 0 Å². The molecular formula is C28H24N4O5. The first-order valence-electron chi connectivity index (χ1n) is 11.7. The third-order valence-corrected chi connectivity index (χ3v) is 6.86. The fourth-order valence-corrected chi connectivity index (χ4v) is 4.71. The van der Waals surface area contributed by atoms with Crippen molar-refractivity contribution in [1.82, 2.24) is 14.5 Å². The minimum Gasteiger partial charge on any atom is -0.439 e. The summed E-state index contributed by atoms with van der Waals surface area (Å²) in [7, 11) is 0. The van der Waals surface area contributed by atoms with Gasteiger partial charge in [0.25, 0.3) is 5.91 Å². The number of amides is 2. The van der Waals surface area contributed by atoms with Gasteiger partial charge >= 0.3 is 11.9 Å². The maximum absolute atomic E-state index is 14.2. The fourth-order valence-electron chi connectivity index (χ4n) is 4.71. The van der Waals surface area contributed by atoms with Crippen LogP contribution in [0.1, 0.15) is 31.1 Å². The van der Waals surface area contributed by atoms with Crippen LogP contribution in [-0.4, -0.2) is 37.4 Å². The van der Waals surface area contributed by atoms with Gasteiger partial charge < -0.3 is 14.9 Å². The number of carbonyl (C=O) groups excluding carboxylic acids is 2. The number of imidazole rings is 1. The number of imide groups is 1. The quantitative estimate of drug-likeness (QED) is 0.264. The smallest absolute Gasteiger partial charge is 0.417 e. The normalized spacial score (nSPS) is 18.8. The van der Waals surface area contributed by atoms with Gasteiger partial charge in [0, 0.05) is 0 Å². The van der Waals surface area contributed by atoms with Gasteiger partial charge in [0.1, 0.15) is 17.8 Å².